The minimum absolute atomic E-state index is 0.0956. The van der Waals surface area contributed by atoms with Gasteiger partial charge < -0.3 is 9.13 Å². The van der Waals surface area contributed by atoms with Crippen molar-refractivity contribution in [2.24, 2.45) is 7.05 Å². The molecule has 0 N–H and O–H groups in total. The molecule has 2 nitrogen and oxygen atoms in total. The van der Waals surface area contributed by atoms with Crippen LogP contribution in [0.2, 0.25) is 0 Å². The Hall–Kier alpha value is -0.570. The van der Waals surface area contributed by atoms with Crippen molar-refractivity contribution in [3.05, 3.63) is 17.2 Å². The van der Waals surface area contributed by atoms with E-state index in [2.05, 4.69) is 25.3 Å². The first kappa shape index (κ1) is 8.53. The summed E-state index contributed by atoms with van der Waals surface area (Å²) in [4.78, 5) is 0. The molecule has 0 aromatic carbocycles. The van der Waals surface area contributed by atoms with Gasteiger partial charge in [-0.25, -0.2) is 0 Å². The molecule has 0 saturated carbocycles. The standard InChI is InChI=1S/C8H14N2S/c1-8(2,3)10-6-5-9(4)7(10)11/h5-6H,1-4H3. The molecule has 0 aliphatic rings. The number of nitrogens with zero attached hydrogens (tertiary/aromatic N) is 2. The maximum absolute atomic E-state index is 5.20. The third kappa shape index (κ3) is 1.53. The van der Waals surface area contributed by atoms with Crippen LogP contribution in [0.1, 0.15) is 20.8 Å². The minimum atomic E-state index is 0.0956. The number of aromatic nitrogens is 2. The fourth-order valence-electron chi connectivity index (χ4n) is 0.975. The van der Waals surface area contributed by atoms with E-state index in [4.69, 9.17) is 12.2 Å². The first-order valence-electron chi connectivity index (χ1n) is 3.67. The molecule has 62 valence electrons. The topological polar surface area (TPSA) is 9.86 Å². The molecule has 0 radical (unpaired) electrons. The van der Waals surface area contributed by atoms with Crippen LogP contribution >= 0.6 is 12.2 Å². The Morgan fingerprint density at radius 1 is 1.27 bits per heavy atom. The summed E-state index contributed by atoms with van der Waals surface area (Å²) in [6.07, 6.45) is 4.00. The Labute approximate surface area is 72.5 Å². The largest absolute Gasteiger partial charge is 0.327 e. The molecule has 0 aliphatic heterocycles. The zero-order valence-electron chi connectivity index (χ0n) is 7.46. The Bertz CT molecular complexity index is 301. The molecule has 1 aromatic heterocycles. The summed E-state index contributed by atoms with van der Waals surface area (Å²) >= 11 is 5.20. The molecular weight excluding hydrogens is 156 g/mol. The quantitative estimate of drug-likeness (QED) is 0.543. The van der Waals surface area contributed by atoms with Crippen molar-refractivity contribution in [3.8, 4) is 0 Å². The van der Waals surface area contributed by atoms with Gasteiger partial charge in [-0.2, -0.15) is 0 Å². The second-order valence-electron chi connectivity index (χ2n) is 3.73. The van der Waals surface area contributed by atoms with Gasteiger partial charge in [0.05, 0.1) is 0 Å². The van der Waals surface area contributed by atoms with Gasteiger partial charge in [0.2, 0.25) is 0 Å². The highest BCUT2D eigenvalue weighted by atomic mass is 32.1. The summed E-state index contributed by atoms with van der Waals surface area (Å²) in [6.45, 7) is 6.42. The molecule has 0 aliphatic carbocycles. The first-order chi connectivity index (χ1) is 4.93. The average molecular weight is 170 g/mol. The van der Waals surface area contributed by atoms with Gasteiger partial charge in [-0.1, -0.05) is 0 Å². The Kier molecular flexibility index (Phi) is 1.92. The lowest BCUT2D eigenvalue weighted by Crippen LogP contribution is -2.21. The minimum Gasteiger partial charge on any atom is -0.327 e. The van der Waals surface area contributed by atoms with Crippen molar-refractivity contribution in [1.29, 1.82) is 0 Å². The van der Waals surface area contributed by atoms with Gasteiger partial charge in [0.15, 0.2) is 4.77 Å². The van der Waals surface area contributed by atoms with Crippen LogP contribution in [-0.2, 0) is 12.6 Å². The molecule has 0 atom stereocenters. The van der Waals surface area contributed by atoms with Crippen molar-refractivity contribution in [2.75, 3.05) is 0 Å². The molecule has 11 heavy (non-hydrogen) atoms. The summed E-state index contributed by atoms with van der Waals surface area (Å²) in [5, 5.41) is 0. The van der Waals surface area contributed by atoms with E-state index in [0.29, 0.717) is 0 Å². The lowest BCUT2D eigenvalue weighted by Gasteiger charge is -2.20. The van der Waals surface area contributed by atoms with Gasteiger partial charge in [-0.05, 0) is 33.0 Å². The van der Waals surface area contributed by atoms with E-state index in [9.17, 15) is 0 Å². The van der Waals surface area contributed by atoms with E-state index in [-0.39, 0.29) is 5.54 Å². The predicted molar refractivity (Wildman–Crippen MR) is 49.2 cm³/mol. The number of aryl methyl sites for hydroxylation is 1. The van der Waals surface area contributed by atoms with E-state index in [0.717, 1.165) is 4.77 Å². The summed E-state index contributed by atoms with van der Waals surface area (Å²) in [6, 6.07) is 0. The number of imidazole rings is 1. The molecule has 1 rings (SSSR count). The zero-order valence-corrected chi connectivity index (χ0v) is 8.27. The second-order valence-corrected chi connectivity index (χ2v) is 4.10. The van der Waals surface area contributed by atoms with Crippen molar-refractivity contribution in [3.63, 3.8) is 0 Å². The molecular formula is C8H14N2S. The van der Waals surface area contributed by atoms with Gasteiger partial charge in [-0.3, -0.25) is 0 Å². The van der Waals surface area contributed by atoms with Gasteiger partial charge in [0.25, 0.3) is 0 Å². The highest BCUT2D eigenvalue weighted by Crippen LogP contribution is 2.14. The van der Waals surface area contributed by atoms with Gasteiger partial charge in [0, 0.05) is 25.0 Å². The van der Waals surface area contributed by atoms with Crippen LogP contribution in [0.25, 0.3) is 0 Å². The monoisotopic (exact) mass is 170 g/mol. The van der Waals surface area contributed by atoms with Crippen LogP contribution in [-0.4, -0.2) is 9.13 Å². The molecule has 0 spiro atoms. The van der Waals surface area contributed by atoms with Crippen molar-refractivity contribution in [1.82, 2.24) is 9.13 Å². The van der Waals surface area contributed by atoms with E-state index in [1.807, 2.05) is 24.0 Å². The zero-order chi connectivity index (χ0) is 8.65. The Balaban J connectivity index is 3.27. The van der Waals surface area contributed by atoms with E-state index >= 15 is 0 Å². The molecule has 1 heterocycles. The summed E-state index contributed by atoms with van der Waals surface area (Å²) in [5.74, 6) is 0. The van der Waals surface area contributed by atoms with E-state index < -0.39 is 0 Å². The Morgan fingerprint density at radius 2 is 1.82 bits per heavy atom. The lowest BCUT2D eigenvalue weighted by molar-refractivity contribution is 0.389. The lowest BCUT2D eigenvalue weighted by atomic mass is 10.1. The maximum atomic E-state index is 5.20. The third-order valence-corrected chi connectivity index (χ3v) is 2.15. The first-order valence-corrected chi connectivity index (χ1v) is 4.08. The smallest absolute Gasteiger partial charge is 0.180 e. The summed E-state index contributed by atoms with van der Waals surface area (Å²) in [5.41, 5.74) is 0.0956. The summed E-state index contributed by atoms with van der Waals surface area (Å²) < 4.78 is 4.90. The molecule has 0 fully saturated rings. The predicted octanol–water partition coefficient (Wildman–Crippen LogP) is 2.31. The summed E-state index contributed by atoms with van der Waals surface area (Å²) in [7, 11) is 1.96. The maximum Gasteiger partial charge on any atom is 0.180 e. The van der Waals surface area contributed by atoms with Crippen LogP contribution < -0.4 is 0 Å². The van der Waals surface area contributed by atoms with E-state index in [1.165, 1.54) is 0 Å². The normalized spacial score (nSPS) is 12.0. The van der Waals surface area contributed by atoms with Crippen LogP contribution in [0.15, 0.2) is 12.4 Å². The molecule has 0 saturated heterocycles. The van der Waals surface area contributed by atoms with Crippen molar-refractivity contribution in [2.45, 2.75) is 26.3 Å². The van der Waals surface area contributed by atoms with Crippen LogP contribution in [0, 0.1) is 4.77 Å². The SMILES string of the molecule is Cn1ccn(C(C)(C)C)c1=S. The number of rotatable bonds is 0. The van der Waals surface area contributed by atoms with Gasteiger partial charge in [0.1, 0.15) is 0 Å². The van der Waals surface area contributed by atoms with Crippen molar-refractivity contribution < 1.29 is 0 Å². The molecule has 3 heteroatoms. The fourth-order valence-corrected chi connectivity index (χ4v) is 1.37. The van der Waals surface area contributed by atoms with Crippen LogP contribution in [0.5, 0.6) is 0 Å². The highest BCUT2D eigenvalue weighted by Gasteiger charge is 2.13. The highest BCUT2D eigenvalue weighted by molar-refractivity contribution is 7.71. The Morgan fingerprint density at radius 3 is 2.00 bits per heavy atom. The fraction of sp³-hybridized carbons (Fsp3) is 0.625. The molecule has 0 unspecified atom stereocenters. The van der Waals surface area contributed by atoms with E-state index in [1.54, 1.807) is 0 Å². The molecule has 1 aromatic rings. The average Bonchev–Trinajstić information content (AvgIpc) is 2.11. The van der Waals surface area contributed by atoms with Gasteiger partial charge >= 0.3 is 0 Å². The van der Waals surface area contributed by atoms with Crippen LogP contribution in [0.3, 0.4) is 0 Å². The number of hydrogen-bond donors (Lipinski definition) is 0. The number of hydrogen-bond acceptors (Lipinski definition) is 1. The van der Waals surface area contributed by atoms with Crippen molar-refractivity contribution >= 4 is 12.2 Å². The third-order valence-electron chi connectivity index (χ3n) is 1.67. The van der Waals surface area contributed by atoms with Gasteiger partial charge in [-0.15, -0.1) is 0 Å². The second kappa shape index (κ2) is 2.48. The molecule has 0 amide bonds. The molecule has 0 bridgehead atoms. The van der Waals surface area contributed by atoms with Crippen LogP contribution in [0.4, 0.5) is 0 Å².